The molecule has 1 spiro atoms. The van der Waals surface area contributed by atoms with Crippen molar-refractivity contribution in [3.05, 3.63) is 42.4 Å². The third-order valence-corrected chi connectivity index (χ3v) is 6.37. The van der Waals surface area contributed by atoms with Crippen LogP contribution in [0.25, 0.3) is 5.82 Å². The summed E-state index contributed by atoms with van der Waals surface area (Å²) in [5.74, 6) is 0.623. The number of hydrogen-bond acceptors (Lipinski definition) is 3. The molecule has 0 bridgehead atoms. The van der Waals surface area contributed by atoms with Gasteiger partial charge in [0.15, 0.2) is 11.5 Å². The van der Waals surface area contributed by atoms with Crippen LogP contribution in [0, 0.1) is 0 Å². The Labute approximate surface area is 158 Å². The quantitative estimate of drug-likeness (QED) is 0.830. The van der Waals surface area contributed by atoms with Crippen molar-refractivity contribution in [2.45, 2.75) is 50.2 Å². The van der Waals surface area contributed by atoms with Gasteiger partial charge in [0.05, 0.1) is 11.4 Å². The van der Waals surface area contributed by atoms with Gasteiger partial charge in [0, 0.05) is 32.0 Å². The highest BCUT2D eigenvalue weighted by Crippen LogP contribution is 2.49. The second-order valence-electron chi connectivity index (χ2n) is 8.09. The lowest BCUT2D eigenvalue weighted by atomic mass is 9.88. The van der Waals surface area contributed by atoms with Gasteiger partial charge in [0.1, 0.15) is 5.54 Å². The zero-order valence-corrected chi connectivity index (χ0v) is 15.7. The molecule has 1 saturated carbocycles. The molecule has 1 saturated heterocycles. The number of pyridine rings is 1. The van der Waals surface area contributed by atoms with Gasteiger partial charge < -0.3 is 14.4 Å². The zero-order valence-electron chi connectivity index (χ0n) is 15.7. The lowest BCUT2D eigenvalue weighted by molar-refractivity contribution is -0.137. The minimum absolute atomic E-state index is 0.310. The molecule has 1 amide bonds. The lowest BCUT2D eigenvalue weighted by Gasteiger charge is -2.47. The van der Waals surface area contributed by atoms with Gasteiger partial charge in [-0.1, -0.05) is 13.3 Å². The fourth-order valence-corrected chi connectivity index (χ4v) is 4.75. The number of alkyl halides is 1. The minimum atomic E-state index is -1.60. The van der Waals surface area contributed by atoms with Crippen molar-refractivity contribution in [1.82, 2.24) is 14.5 Å². The molecule has 27 heavy (non-hydrogen) atoms. The minimum Gasteiger partial charge on any atom is -0.355 e. The maximum Gasteiger partial charge on any atom is 0.260 e. The summed E-state index contributed by atoms with van der Waals surface area (Å²) in [7, 11) is 0. The number of likely N-dealkylation sites (tertiary alicyclic amines) is 1. The first-order valence-corrected chi connectivity index (χ1v) is 9.98. The Kier molecular flexibility index (Phi) is 3.61. The Morgan fingerprint density at radius 3 is 2.89 bits per heavy atom. The number of rotatable bonds is 4. The summed E-state index contributed by atoms with van der Waals surface area (Å²) in [6.45, 7) is 4.24. The van der Waals surface area contributed by atoms with Crippen LogP contribution in [-0.4, -0.2) is 45.7 Å². The molecule has 2 aromatic heterocycles. The van der Waals surface area contributed by atoms with Crippen LogP contribution >= 0.6 is 0 Å². The molecule has 2 fully saturated rings. The fourth-order valence-electron chi connectivity index (χ4n) is 4.75. The number of hydrogen-bond donors (Lipinski definition) is 0. The van der Waals surface area contributed by atoms with E-state index in [1.165, 1.54) is 0 Å². The van der Waals surface area contributed by atoms with Crippen molar-refractivity contribution < 1.29 is 9.18 Å². The van der Waals surface area contributed by atoms with Crippen LogP contribution in [0.3, 0.4) is 0 Å². The first kappa shape index (κ1) is 16.8. The first-order valence-electron chi connectivity index (χ1n) is 9.98. The highest BCUT2D eigenvalue weighted by atomic mass is 19.1. The van der Waals surface area contributed by atoms with Crippen molar-refractivity contribution in [2.24, 2.45) is 0 Å². The molecule has 142 valence electrons. The number of unbranched alkanes of at least 4 members (excludes halogenated alkanes) is 1. The highest BCUT2D eigenvalue weighted by molar-refractivity contribution is 5.88. The molecule has 2 aromatic rings. The molecule has 6 heteroatoms. The molecule has 5 nitrogen and oxygen atoms in total. The number of amides is 1. The molecular formula is C21H25FN4O. The van der Waals surface area contributed by atoms with Crippen LogP contribution in [0.1, 0.15) is 44.7 Å². The number of carbonyl (C=O) groups excluding carboxylic acids is 1. The summed E-state index contributed by atoms with van der Waals surface area (Å²) >= 11 is 0. The van der Waals surface area contributed by atoms with Crippen LogP contribution < -0.4 is 4.90 Å². The van der Waals surface area contributed by atoms with Crippen molar-refractivity contribution in [1.29, 1.82) is 0 Å². The predicted molar refractivity (Wildman–Crippen MR) is 102 cm³/mol. The standard InChI is InChI=1S/C21H25FN4O/c1-2-3-13-26-16-6-4-11-23-18(16)25-12-5-7-17(25)21(26)10-14-24(15-21)19(27)20(22)8-9-20/h4-7,11-12H,2-3,8-10,13-15H2,1H3/t21-/m0/s1. The van der Waals surface area contributed by atoms with E-state index >= 15 is 0 Å². The van der Waals surface area contributed by atoms with Gasteiger partial charge in [-0.25, -0.2) is 9.37 Å². The van der Waals surface area contributed by atoms with E-state index < -0.39 is 5.67 Å². The van der Waals surface area contributed by atoms with Crippen molar-refractivity contribution in [2.75, 3.05) is 24.5 Å². The monoisotopic (exact) mass is 368 g/mol. The summed E-state index contributed by atoms with van der Waals surface area (Å²) in [5.41, 5.74) is 0.347. The van der Waals surface area contributed by atoms with Gasteiger partial charge in [-0.15, -0.1) is 0 Å². The molecule has 0 N–H and O–H groups in total. The van der Waals surface area contributed by atoms with Crippen molar-refractivity contribution in [3.8, 4) is 5.82 Å². The fraction of sp³-hybridized carbons (Fsp3) is 0.524. The number of carbonyl (C=O) groups is 1. The Morgan fingerprint density at radius 1 is 1.26 bits per heavy atom. The SMILES string of the molecule is CCCCN1c2cccnc2-n2cccc2[C@@]12CCN(C(=O)C1(F)CC1)C2. The summed E-state index contributed by atoms with van der Waals surface area (Å²) in [5, 5.41) is 0. The summed E-state index contributed by atoms with van der Waals surface area (Å²) in [4.78, 5) is 21.5. The number of nitrogens with zero attached hydrogens (tertiary/aromatic N) is 4. The number of halogens is 1. The number of anilines is 1. The Hall–Kier alpha value is -2.37. The van der Waals surface area contributed by atoms with Crippen LogP contribution in [0.2, 0.25) is 0 Å². The second-order valence-corrected chi connectivity index (χ2v) is 8.09. The molecule has 5 rings (SSSR count). The third-order valence-electron chi connectivity index (χ3n) is 6.37. The van der Waals surface area contributed by atoms with E-state index in [0.29, 0.717) is 25.9 Å². The topological polar surface area (TPSA) is 41.4 Å². The highest BCUT2D eigenvalue weighted by Gasteiger charge is 2.57. The molecule has 4 heterocycles. The zero-order chi connectivity index (χ0) is 18.6. The second kappa shape index (κ2) is 5.81. The van der Waals surface area contributed by atoms with E-state index in [9.17, 15) is 9.18 Å². The Bertz CT molecular complexity index is 890. The van der Waals surface area contributed by atoms with Gasteiger partial charge in [-0.2, -0.15) is 0 Å². The van der Waals surface area contributed by atoms with E-state index in [0.717, 1.165) is 43.0 Å². The average molecular weight is 368 g/mol. The van der Waals surface area contributed by atoms with E-state index in [-0.39, 0.29) is 11.4 Å². The van der Waals surface area contributed by atoms with Crippen LogP contribution in [0.5, 0.6) is 0 Å². The van der Waals surface area contributed by atoms with E-state index in [4.69, 9.17) is 0 Å². The maximum absolute atomic E-state index is 14.5. The molecular weight excluding hydrogens is 343 g/mol. The number of fused-ring (bicyclic) bond motifs is 4. The number of aromatic nitrogens is 2. The molecule has 1 atom stereocenters. The van der Waals surface area contributed by atoms with E-state index in [1.807, 2.05) is 24.5 Å². The van der Waals surface area contributed by atoms with Crippen LogP contribution in [-0.2, 0) is 10.3 Å². The van der Waals surface area contributed by atoms with Crippen LogP contribution in [0.15, 0.2) is 36.7 Å². The summed E-state index contributed by atoms with van der Waals surface area (Å²) in [6, 6.07) is 8.26. The molecule has 1 aliphatic carbocycles. The lowest BCUT2D eigenvalue weighted by Crippen LogP contribution is -2.53. The summed E-state index contributed by atoms with van der Waals surface area (Å²) in [6.07, 6.45) is 7.59. The molecule has 3 aliphatic rings. The molecule has 0 aromatic carbocycles. The van der Waals surface area contributed by atoms with Gasteiger partial charge in [-0.05, 0) is 49.9 Å². The summed E-state index contributed by atoms with van der Waals surface area (Å²) < 4.78 is 16.6. The predicted octanol–water partition coefficient (Wildman–Crippen LogP) is 3.42. The molecule has 0 unspecified atom stereocenters. The van der Waals surface area contributed by atoms with Crippen molar-refractivity contribution >= 4 is 11.6 Å². The maximum atomic E-state index is 14.5. The molecule has 2 aliphatic heterocycles. The average Bonchev–Trinajstić information content (AvgIpc) is 3.11. The van der Waals surface area contributed by atoms with Gasteiger partial charge in [0.2, 0.25) is 0 Å². The normalized spacial score (nSPS) is 24.8. The third kappa shape index (κ3) is 2.35. The van der Waals surface area contributed by atoms with Gasteiger partial charge in [0.25, 0.3) is 5.91 Å². The largest absolute Gasteiger partial charge is 0.355 e. The van der Waals surface area contributed by atoms with Gasteiger partial charge >= 0.3 is 0 Å². The molecule has 0 radical (unpaired) electrons. The smallest absolute Gasteiger partial charge is 0.260 e. The first-order chi connectivity index (χ1) is 13.1. The Morgan fingerprint density at radius 2 is 2.11 bits per heavy atom. The van der Waals surface area contributed by atoms with Crippen LogP contribution in [0.4, 0.5) is 10.1 Å². The van der Waals surface area contributed by atoms with E-state index in [1.54, 1.807) is 4.90 Å². The van der Waals surface area contributed by atoms with Gasteiger partial charge in [-0.3, -0.25) is 4.79 Å². The Balaban J connectivity index is 1.59. The van der Waals surface area contributed by atoms with Crippen molar-refractivity contribution in [3.63, 3.8) is 0 Å². The van der Waals surface area contributed by atoms with E-state index in [2.05, 4.69) is 33.5 Å².